The first kappa shape index (κ1) is 21.0. The zero-order chi connectivity index (χ0) is 21.8. The average molecular weight is 422 g/mol. The van der Waals surface area contributed by atoms with E-state index in [1.54, 1.807) is 29.3 Å². The highest BCUT2D eigenvalue weighted by Crippen LogP contribution is 2.27. The van der Waals surface area contributed by atoms with Gasteiger partial charge in [0.2, 0.25) is 5.95 Å². The van der Waals surface area contributed by atoms with E-state index in [2.05, 4.69) is 21.9 Å². The zero-order valence-corrected chi connectivity index (χ0v) is 17.2. The lowest BCUT2D eigenvalue weighted by molar-refractivity contribution is -0.118. The van der Waals surface area contributed by atoms with Crippen LogP contribution in [0.5, 0.6) is 0 Å². The van der Waals surface area contributed by atoms with Crippen molar-refractivity contribution in [2.45, 2.75) is 12.6 Å². The lowest BCUT2D eigenvalue weighted by Crippen LogP contribution is -2.43. The third kappa shape index (κ3) is 4.57. The van der Waals surface area contributed by atoms with Crippen LogP contribution >= 0.6 is 0 Å². The number of nitrogens with zero attached hydrogens (tertiary/aromatic N) is 4. The largest absolute Gasteiger partial charge is 0.378 e. The molecule has 0 radical (unpaired) electrons. The van der Waals surface area contributed by atoms with E-state index in [-0.39, 0.29) is 17.6 Å². The van der Waals surface area contributed by atoms with E-state index in [1.807, 2.05) is 17.0 Å². The Bertz CT molecular complexity index is 958. The first-order chi connectivity index (χ1) is 15.1. The van der Waals surface area contributed by atoms with E-state index < -0.39 is 6.17 Å². The molecule has 1 amide bonds. The highest BCUT2D eigenvalue weighted by atomic mass is 16.5. The molecule has 9 heteroatoms. The minimum absolute atomic E-state index is 0.00539. The van der Waals surface area contributed by atoms with Crippen LogP contribution in [0.3, 0.4) is 0 Å². The molecule has 2 aliphatic heterocycles. The van der Waals surface area contributed by atoms with Gasteiger partial charge in [-0.25, -0.2) is 4.98 Å². The molecule has 3 heterocycles. The predicted octanol–water partition coefficient (Wildman–Crippen LogP) is 1.56. The fourth-order valence-electron chi connectivity index (χ4n) is 3.86. The Morgan fingerprint density at radius 1 is 1.16 bits per heavy atom. The van der Waals surface area contributed by atoms with Crippen LogP contribution in [0.4, 0.5) is 17.5 Å². The summed E-state index contributed by atoms with van der Waals surface area (Å²) in [6.07, 6.45) is 3.13. The molecule has 2 fully saturated rings. The van der Waals surface area contributed by atoms with Crippen molar-refractivity contribution in [3.8, 4) is 0 Å². The van der Waals surface area contributed by atoms with Gasteiger partial charge >= 0.3 is 0 Å². The molecular formula is C22H26N6O3. The lowest BCUT2D eigenvalue weighted by atomic mass is 10.0. The van der Waals surface area contributed by atoms with E-state index in [0.717, 1.165) is 5.69 Å². The third-order valence-corrected chi connectivity index (χ3v) is 5.62. The fraction of sp³-hybridized carbons (Fsp3) is 0.364. The molecule has 4 rings (SSSR count). The van der Waals surface area contributed by atoms with Crippen molar-refractivity contribution in [1.82, 2.24) is 14.9 Å². The molecule has 3 N–H and O–H groups in total. The highest BCUT2D eigenvalue weighted by molar-refractivity contribution is 5.94. The van der Waals surface area contributed by atoms with Crippen LogP contribution in [-0.4, -0.2) is 65.6 Å². The number of nitrogens with two attached hydrogens (primary N) is 1. The average Bonchev–Trinajstić information content (AvgIpc) is 3.20. The monoisotopic (exact) mass is 422 g/mol. The molecule has 1 aromatic carbocycles. The van der Waals surface area contributed by atoms with Crippen LogP contribution in [0.1, 0.15) is 16.8 Å². The Labute approximate surface area is 180 Å². The van der Waals surface area contributed by atoms with Crippen LogP contribution in [0.2, 0.25) is 0 Å². The van der Waals surface area contributed by atoms with Crippen LogP contribution in [0.15, 0.2) is 49.2 Å². The summed E-state index contributed by atoms with van der Waals surface area (Å²) < 4.78 is 5.30. The summed E-state index contributed by atoms with van der Waals surface area (Å²) in [7, 11) is 0. The lowest BCUT2D eigenvalue weighted by Gasteiger charge is -2.26. The van der Waals surface area contributed by atoms with Crippen LogP contribution in [0, 0.1) is 5.92 Å². The molecule has 0 saturated carbocycles. The van der Waals surface area contributed by atoms with Crippen LogP contribution in [0.25, 0.3) is 0 Å². The standard InChI is InChI=1S/C22H26N6O3/c1-2-18(29)17-8-10-28(20(17)23)22-24-9-7-19(26-22)25-16-5-3-15(4-6-16)21(30)27-11-13-31-14-12-27/h2-7,9,17,20H,1,8,10-14,23H2,(H,24,25,26). The van der Waals surface area contributed by atoms with Gasteiger partial charge in [-0.1, -0.05) is 6.58 Å². The molecule has 2 saturated heterocycles. The second-order valence-corrected chi connectivity index (χ2v) is 7.53. The van der Waals surface area contributed by atoms with Crippen molar-refractivity contribution in [3.05, 3.63) is 54.7 Å². The van der Waals surface area contributed by atoms with Gasteiger partial charge in [0, 0.05) is 37.1 Å². The number of allylic oxidation sites excluding steroid dienone is 1. The highest BCUT2D eigenvalue weighted by Gasteiger charge is 2.36. The van der Waals surface area contributed by atoms with Crippen molar-refractivity contribution in [2.24, 2.45) is 11.7 Å². The maximum atomic E-state index is 12.6. The quantitative estimate of drug-likeness (QED) is 0.674. The summed E-state index contributed by atoms with van der Waals surface area (Å²) in [6, 6.07) is 9.03. The Morgan fingerprint density at radius 2 is 1.90 bits per heavy atom. The maximum Gasteiger partial charge on any atom is 0.254 e. The molecule has 2 unspecified atom stereocenters. The number of carbonyl (C=O) groups excluding carboxylic acids is 2. The SMILES string of the molecule is C=CC(=O)C1CCN(c2nccc(Nc3ccc(C(=O)N4CCOCC4)cc3)n2)C1N. The van der Waals surface area contributed by atoms with Crippen LogP contribution in [-0.2, 0) is 9.53 Å². The summed E-state index contributed by atoms with van der Waals surface area (Å²) in [5.74, 6) is 0.718. The van der Waals surface area contributed by atoms with Gasteiger partial charge in [-0.2, -0.15) is 4.98 Å². The summed E-state index contributed by atoms with van der Waals surface area (Å²) >= 11 is 0. The number of hydrogen-bond donors (Lipinski definition) is 2. The third-order valence-electron chi connectivity index (χ3n) is 5.62. The number of amides is 1. The zero-order valence-electron chi connectivity index (χ0n) is 17.2. The van der Waals surface area contributed by atoms with E-state index in [0.29, 0.717) is 56.6 Å². The van der Waals surface area contributed by atoms with Gasteiger partial charge in [0.25, 0.3) is 5.91 Å². The minimum Gasteiger partial charge on any atom is -0.378 e. The second-order valence-electron chi connectivity index (χ2n) is 7.53. The van der Waals surface area contributed by atoms with Gasteiger partial charge in [0.15, 0.2) is 5.78 Å². The van der Waals surface area contributed by atoms with Crippen molar-refractivity contribution >= 4 is 29.1 Å². The normalized spacial score (nSPS) is 21.1. The molecule has 31 heavy (non-hydrogen) atoms. The Kier molecular flexibility index (Phi) is 6.24. The molecule has 2 aromatic rings. The van der Waals surface area contributed by atoms with Crippen LogP contribution < -0.4 is 16.0 Å². The maximum absolute atomic E-state index is 12.6. The number of rotatable bonds is 6. The summed E-state index contributed by atoms with van der Waals surface area (Å²) in [5.41, 5.74) is 7.69. The number of ketones is 1. The number of anilines is 3. The Balaban J connectivity index is 1.43. The van der Waals surface area contributed by atoms with Crippen molar-refractivity contribution in [2.75, 3.05) is 43.1 Å². The number of carbonyl (C=O) groups is 2. The molecule has 9 nitrogen and oxygen atoms in total. The van der Waals surface area contributed by atoms with E-state index in [4.69, 9.17) is 10.5 Å². The number of morpholine rings is 1. The first-order valence-corrected chi connectivity index (χ1v) is 10.3. The first-order valence-electron chi connectivity index (χ1n) is 10.3. The van der Waals surface area contributed by atoms with Gasteiger partial charge in [0.1, 0.15) is 5.82 Å². The van der Waals surface area contributed by atoms with Gasteiger partial charge in [-0.05, 0) is 42.8 Å². The number of benzene rings is 1. The van der Waals surface area contributed by atoms with Crippen molar-refractivity contribution < 1.29 is 14.3 Å². The molecule has 0 bridgehead atoms. The smallest absolute Gasteiger partial charge is 0.254 e. The number of nitrogens with one attached hydrogen (secondary N) is 1. The van der Waals surface area contributed by atoms with Gasteiger partial charge < -0.3 is 25.6 Å². The number of hydrogen-bond acceptors (Lipinski definition) is 8. The van der Waals surface area contributed by atoms with E-state index in [1.165, 1.54) is 6.08 Å². The van der Waals surface area contributed by atoms with Gasteiger partial charge in [-0.3, -0.25) is 9.59 Å². The molecule has 0 aliphatic carbocycles. The van der Waals surface area contributed by atoms with Gasteiger partial charge in [0.05, 0.1) is 25.3 Å². The number of aromatic nitrogens is 2. The van der Waals surface area contributed by atoms with Gasteiger partial charge in [-0.15, -0.1) is 0 Å². The molecule has 162 valence electrons. The summed E-state index contributed by atoms with van der Waals surface area (Å²) in [5, 5.41) is 3.23. The summed E-state index contributed by atoms with van der Waals surface area (Å²) in [4.78, 5) is 37.0. The topological polar surface area (TPSA) is 114 Å². The predicted molar refractivity (Wildman–Crippen MR) is 117 cm³/mol. The second kappa shape index (κ2) is 9.23. The molecule has 2 atom stereocenters. The minimum atomic E-state index is -0.480. The Hall–Kier alpha value is -3.30. The molecular weight excluding hydrogens is 396 g/mol. The Morgan fingerprint density at radius 3 is 2.61 bits per heavy atom. The van der Waals surface area contributed by atoms with E-state index >= 15 is 0 Å². The molecule has 1 aromatic heterocycles. The van der Waals surface area contributed by atoms with Crippen molar-refractivity contribution in [1.29, 1.82) is 0 Å². The molecule has 0 spiro atoms. The fourth-order valence-corrected chi connectivity index (χ4v) is 3.86. The molecule has 2 aliphatic rings. The van der Waals surface area contributed by atoms with Crippen molar-refractivity contribution in [3.63, 3.8) is 0 Å². The number of ether oxygens (including phenoxy) is 1. The van der Waals surface area contributed by atoms with E-state index in [9.17, 15) is 9.59 Å². The summed E-state index contributed by atoms with van der Waals surface area (Å²) in [6.45, 7) is 6.52.